The van der Waals surface area contributed by atoms with Gasteiger partial charge in [-0.1, -0.05) is 11.2 Å². The molecule has 186 valence electrons. The number of hydrogen-bond acceptors (Lipinski definition) is 6. The first kappa shape index (κ1) is 26.2. The summed E-state index contributed by atoms with van der Waals surface area (Å²) in [5.41, 5.74) is 0.845. The zero-order valence-corrected chi connectivity index (χ0v) is 19.9. The molecule has 2 atom stereocenters. The van der Waals surface area contributed by atoms with Crippen LogP contribution in [0.25, 0.3) is 11.3 Å². The van der Waals surface area contributed by atoms with Crippen molar-refractivity contribution >= 4 is 24.2 Å². The van der Waals surface area contributed by atoms with E-state index in [0.29, 0.717) is 32.5 Å². The van der Waals surface area contributed by atoms with Crippen LogP contribution in [0.5, 0.6) is 0 Å². The van der Waals surface area contributed by atoms with E-state index in [4.69, 9.17) is 4.52 Å². The van der Waals surface area contributed by atoms with Gasteiger partial charge >= 0.3 is 0 Å². The van der Waals surface area contributed by atoms with Crippen molar-refractivity contribution in [3.63, 3.8) is 0 Å². The van der Waals surface area contributed by atoms with Crippen LogP contribution in [0, 0.1) is 17.6 Å². The van der Waals surface area contributed by atoms with Gasteiger partial charge in [0.1, 0.15) is 11.6 Å². The average Bonchev–Trinajstić information content (AvgIpc) is 3.33. The Morgan fingerprint density at radius 1 is 1.23 bits per heavy atom. The van der Waals surface area contributed by atoms with Crippen molar-refractivity contribution in [3.8, 4) is 11.3 Å². The highest BCUT2D eigenvalue weighted by molar-refractivity contribution is 5.94. The number of aromatic nitrogens is 2. The van der Waals surface area contributed by atoms with Crippen LogP contribution in [-0.2, 0) is 11.2 Å². The first-order chi connectivity index (χ1) is 16.4. The van der Waals surface area contributed by atoms with Gasteiger partial charge in [-0.15, -0.1) is 12.4 Å². The molecule has 1 fully saturated rings. The van der Waals surface area contributed by atoms with Crippen LogP contribution in [-0.4, -0.2) is 59.6 Å². The van der Waals surface area contributed by atoms with Gasteiger partial charge in [0.2, 0.25) is 5.91 Å². The third kappa shape index (κ3) is 6.40. The highest BCUT2D eigenvalue weighted by Gasteiger charge is 2.34. The second kappa shape index (κ2) is 11.9. The van der Waals surface area contributed by atoms with Gasteiger partial charge in [0.25, 0.3) is 5.91 Å². The highest BCUT2D eigenvalue weighted by atomic mass is 35.5. The molecule has 0 radical (unpaired) electrons. The van der Waals surface area contributed by atoms with Gasteiger partial charge in [0, 0.05) is 56.6 Å². The Morgan fingerprint density at radius 3 is 2.80 bits per heavy atom. The third-order valence-corrected chi connectivity index (χ3v) is 5.86. The largest absolute Gasteiger partial charge is 0.355 e. The third-order valence-electron chi connectivity index (χ3n) is 5.86. The summed E-state index contributed by atoms with van der Waals surface area (Å²) in [6, 6.07) is 9.59. The number of amides is 2. The number of carbonyl (C=O) groups is 2. The summed E-state index contributed by atoms with van der Waals surface area (Å²) < 4.78 is 32.3. The average molecular weight is 506 g/mol. The van der Waals surface area contributed by atoms with Gasteiger partial charge in [0.15, 0.2) is 11.5 Å². The van der Waals surface area contributed by atoms with E-state index in [1.165, 1.54) is 12.1 Å². The standard InChI is InChI=1S/C24H25F2N5O3.ClH/c1-31(11-8-16-4-2-3-9-28-16)24(33)18-14-27-10-7-20(18)29-23(32)21-13-22(34-30-21)17-6-5-15(25)12-19(17)26;/h2-6,9,12-13,18,20,27H,7-8,10-11,14H2,1H3,(H,29,32);1H/t18-,20-;/m1./s1. The normalized spacial score (nSPS) is 17.3. The van der Waals surface area contributed by atoms with E-state index in [2.05, 4.69) is 20.8 Å². The monoisotopic (exact) mass is 505 g/mol. The number of piperidine rings is 1. The molecule has 0 aliphatic carbocycles. The van der Waals surface area contributed by atoms with E-state index in [-0.39, 0.29) is 35.3 Å². The molecule has 0 saturated carbocycles. The van der Waals surface area contributed by atoms with Crippen LogP contribution in [0.2, 0.25) is 0 Å². The van der Waals surface area contributed by atoms with Gasteiger partial charge in [-0.2, -0.15) is 0 Å². The summed E-state index contributed by atoms with van der Waals surface area (Å²) in [7, 11) is 1.74. The number of carbonyl (C=O) groups excluding carboxylic acids is 2. The first-order valence-corrected chi connectivity index (χ1v) is 11.0. The number of benzene rings is 1. The lowest BCUT2D eigenvalue weighted by Gasteiger charge is -2.34. The second-order valence-electron chi connectivity index (χ2n) is 8.21. The molecule has 11 heteroatoms. The van der Waals surface area contributed by atoms with E-state index in [1.807, 2.05) is 18.2 Å². The molecule has 8 nitrogen and oxygen atoms in total. The number of hydrogen-bond donors (Lipinski definition) is 2. The molecule has 4 rings (SSSR count). The van der Waals surface area contributed by atoms with Gasteiger partial charge in [-0.05, 0) is 37.2 Å². The van der Waals surface area contributed by atoms with Crippen LogP contribution in [0.3, 0.4) is 0 Å². The fourth-order valence-corrected chi connectivity index (χ4v) is 3.95. The number of halogens is 3. The topological polar surface area (TPSA) is 100 Å². The molecule has 0 unspecified atom stereocenters. The fraction of sp³-hybridized carbons (Fsp3) is 0.333. The lowest BCUT2D eigenvalue weighted by Crippen LogP contribution is -2.55. The number of nitrogens with zero attached hydrogens (tertiary/aromatic N) is 3. The van der Waals surface area contributed by atoms with Crippen LogP contribution >= 0.6 is 12.4 Å². The van der Waals surface area contributed by atoms with Crippen molar-refractivity contribution in [2.24, 2.45) is 5.92 Å². The molecule has 2 amide bonds. The summed E-state index contributed by atoms with van der Waals surface area (Å²) in [6.07, 6.45) is 2.91. The molecule has 3 aromatic rings. The quantitative estimate of drug-likeness (QED) is 0.512. The molecular weight excluding hydrogens is 480 g/mol. The molecule has 1 saturated heterocycles. The zero-order chi connectivity index (χ0) is 24.1. The maximum atomic E-state index is 14.0. The summed E-state index contributed by atoms with van der Waals surface area (Å²) in [4.78, 5) is 31.8. The summed E-state index contributed by atoms with van der Waals surface area (Å²) in [6.45, 7) is 1.59. The van der Waals surface area contributed by atoms with Crippen LogP contribution in [0.15, 0.2) is 53.2 Å². The van der Waals surface area contributed by atoms with E-state index < -0.39 is 29.5 Å². The van der Waals surface area contributed by atoms with Crippen LogP contribution in [0.1, 0.15) is 22.6 Å². The molecule has 2 aromatic heterocycles. The number of nitrogens with one attached hydrogen (secondary N) is 2. The molecule has 1 aromatic carbocycles. The van der Waals surface area contributed by atoms with Gasteiger partial charge in [-0.25, -0.2) is 8.78 Å². The fourth-order valence-electron chi connectivity index (χ4n) is 3.95. The minimum absolute atomic E-state index is 0. The van der Waals surface area contributed by atoms with Gasteiger partial charge in [-0.3, -0.25) is 14.6 Å². The Labute approximate surface area is 207 Å². The summed E-state index contributed by atoms with van der Waals surface area (Å²) in [5.74, 6) is -2.59. The molecule has 0 bridgehead atoms. The van der Waals surface area contributed by atoms with Gasteiger partial charge in [0.05, 0.1) is 11.5 Å². The Balaban J connectivity index is 0.00000342. The molecule has 3 heterocycles. The maximum absolute atomic E-state index is 14.0. The second-order valence-corrected chi connectivity index (χ2v) is 8.21. The lowest BCUT2D eigenvalue weighted by atomic mass is 9.91. The first-order valence-electron chi connectivity index (χ1n) is 11.0. The van der Waals surface area contributed by atoms with Crippen LogP contribution < -0.4 is 10.6 Å². The SMILES string of the molecule is CN(CCc1ccccn1)C(=O)[C@@H]1CNCC[C@H]1NC(=O)c1cc(-c2ccc(F)cc2F)on1.Cl. The van der Waals surface area contributed by atoms with Crippen LogP contribution in [0.4, 0.5) is 8.78 Å². The smallest absolute Gasteiger partial charge is 0.273 e. The van der Waals surface area contributed by atoms with Crippen molar-refractivity contribution < 1.29 is 22.9 Å². The number of likely N-dealkylation sites (N-methyl/N-ethyl adjacent to an activating group) is 1. The van der Waals surface area contributed by atoms with Crippen molar-refractivity contribution in [1.29, 1.82) is 0 Å². The molecule has 1 aliphatic heterocycles. The number of pyridine rings is 1. The molecular formula is C24H26ClF2N5O3. The Bertz CT molecular complexity index is 1160. The Kier molecular flexibility index (Phi) is 8.89. The summed E-state index contributed by atoms with van der Waals surface area (Å²) in [5, 5.41) is 9.80. The van der Waals surface area contributed by atoms with Crippen molar-refractivity contribution in [1.82, 2.24) is 25.7 Å². The van der Waals surface area contributed by atoms with Crippen molar-refractivity contribution in [3.05, 3.63) is 71.7 Å². The van der Waals surface area contributed by atoms with E-state index >= 15 is 0 Å². The minimum Gasteiger partial charge on any atom is -0.355 e. The molecule has 1 aliphatic rings. The molecule has 35 heavy (non-hydrogen) atoms. The Hall–Kier alpha value is -3.37. The molecule has 2 N–H and O–H groups in total. The Morgan fingerprint density at radius 2 is 2.06 bits per heavy atom. The minimum atomic E-state index is -0.819. The van der Waals surface area contributed by atoms with E-state index in [1.54, 1.807) is 18.1 Å². The van der Waals surface area contributed by atoms with E-state index in [0.717, 1.165) is 17.8 Å². The highest BCUT2D eigenvalue weighted by Crippen LogP contribution is 2.24. The molecule has 0 spiro atoms. The van der Waals surface area contributed by atoms with Crippen molar-refractivity contribution in [2.75, 3.05) is 26.7 Å². The predicted octanol–water partition coefficient (Wildman–Crippen LogP) is 2.85. The van der Waals surface area contributed by atoms with Gasteiger partial charge < -0.3 is 20.1 Å². The predicted molar refractivity (Wildman–Crippen MR) is 127 cm³/mol. The zero-order valence-electron chi connectivity index (χ0n) is 19.0. The maximum Gasteiger partial charge on any atom is 0.273 e. The summed E-state index contributed by atoms with van der Waals surface area (Å²) >= 11 is 0. The van der Waals surface area contributed by atoms with Crippen molar-refractivity contribution in [2.45, 2.75) is 18.9 Å². The van der Waals surface area contributed by atoms with E-state index in [9.17, 15) is 18.4 Å². The number of rotatable bonds is 7. The lowest BCUT2D eigenvalue weighted by molar-refractivity contribution is -0.135.